The topological polar surface area (TPSA) is 57.6 Å². The van der Waals surface area contributed by atoms with Gasteiger partial charge in [-0.15, -0.1) is 11.3 Å². The summed E-state index contributed by atoms with van der Waals surface area (Å²) in [6.07, 6.45) is 2.08. The fraction of sp³-hybridized carbons (Fsp3) is 0.538. The lowest BCUT2D eigenvalue weighted by Gasteiger charge is -2.37. The molecule has 0 spiro atoms. The van der Waals surface area contributed by atoms with Gasteiger partial charge in [-0.25, -0.2) is 4.79 Å². The van der Waals surface area contributed by atoms with Crippen LogP contribution in [0.5, 0.6) is 0 Å². The first-order valence-corrected chi connectivity index (χ1v) is 7.02. The maximum Gasteiger partial charge on any atom is 0.326 e. The van der Waals surface area contributed by atoms with E-state index in [4.69, 9.17) is 0 Å². The van der Waals surface area contributed by atoms with Crippen molar-refractivity contribution in [3.05, 3.63) is 22.4 Å². The van der Waals surface area contributed by atoms with Crippen molar-refractivity contribution < 1.29 is 14.7 Å². The van der Waals surface area contributed by atoms with Crippen molar-refractivity contribution in [1.82, 2.24) is 4.90 Å². The van der Waals surface area contributed by atoms with Crippen molar-refractivity contribution in [2.45, 2.75) is 32.2 Å². The molecule has 5 heteroatoms. The normalized spacial score (nSPS) is 23.9. The number of carbonyl (C=O) groups excluding carboxylic acids is 1. The Bertz CT molecular complexity index is 429. The number of carboxylic acids is 1. The molecule has 0 saturated carbocycles. The molecule has 2 rings (SSSR count). The largest absolute Gasteiger partial charge is 0.480 e. The number of carboxylic acid groups (broad SMARTS) is 1. The molecule has 2 atom stereocenters. The number of carbonyl (C=O) groups is 2. The number of amides is 1. The molecule has 1 saturated heterocycles. The first-order valence-electron chi connectivity index (χ1n) is 6.14. The molecule has 2 unspecified atom stereocenters. The van der Waals surface area contributed by atoms with Gasteiger partial charge in [0.25, 0.3) is 0 Å². The maximum atomic E-state index is 12.2. The van der Waals surface area contributed by atoms with Gasteiger partial charge < -0.3 is 10.0 Å². The molecule has 0 aliphatic carbocycles. The number of nitrogens with zero attached hydrogens (tertiary/aromatic N) is 1. The van der Waals surface area contributed by atoms with Crippen molar-refractivity contribution in [3.8, 4) is 0 Å². The zero-order valence-corrected chi connectivity index (χ0v) is 11.2. The Kier molecular flexibility index (Phi) is 4.01. The summed E-state index contributed by atoms with van der Waals surface area (Å²) in [5, 5.41) is 11.2. The zero-order valence-electron chi connectivity index (χ0n) is 10.3. The van der Waals surface area contributed by atoms with E-state index in [1.54, 1.807) is 0 Å². The Balaban J connectivity index is 2.09. The summed E-state index contributed by atoms with van der Waals surface area (Å²) in [5.74, 6) is -0.929. The van der Waals surface area contributed by atoms with Crippen molar-refractivity contribution in [2.24, 2.45) is 5.92 Å². The van der Waals surface area contributed by atoms with Crippen LogP contribution in [0.15, 0.2) is 17.5 Å². The fourth-order valence-corrected chi connectivity index (χ4v) is 3.20. The number of hydrogen-bond donors (Lipinski definition) is 1. The third kappa shape index (κ3) is 2.72. The van der Waals surface area contributed by atoms with Crippen molar-refractivity contribution >= 4 is 23.2 Å². The van der Waals surface area contributed by atoms with Crippen LogP contribution in [-0.2, 0) is 16.0 Å². The summed E-state index contributed by atoms with van der Waals surface area (Å²) in [7, 11) is 0. The highest BCUT2D eigenvalue weighted by molar-refractivity contribution is 7.10. The van der Waals surface area contributed by atoms with E-state index in [0.29, 0.717) is 13.0 Å². The van der Waals surface area contributed by atoms with Crippen LogP contribution in [0.25, 0.3) is 0 Å². The Morgan fingerprint density at radius 1 is 1.56 bits per heavy atom. The van der Waals surface area contributed by atoms with E-state index in [9.17, 15) is 14.7 Å². The van der Waals surface area contributed by atoms with Gasteiger partial charge in [0, 0.05) is 11.4 Å². The highest BCUT2D eigenvalue weighted by Gasteiger charge is 2.36. The van der Waals surface area contributed by atoms with Crippen LogP contribution >= 0.6 is 11.3 Å². The molecule has 0 radical (unpaired) electrons. The molecule has 1 aliphatic rings. The number of piperidine rings is 1. The molecule has 1 fully saturated rings. The van der Waals surface area contributed by atoms with Crippen LogP contribution in [0, 0.1) is 5.92 Å². The van der Waals surface area contributed by atoms with Gasteiger partial charge in [0.1, 0.15) is 6.04 Å². The molecule has 2 heterocycles. The second-order valence-electron chi connectivity index (χ2n) is 4.75. The summed E-state index contributed by atoms with van der Waals surface area (Å²) in [4.78, 5) is 26.0. The summed E-state index contributed by atoms with van der Waals surface area (Å²) in [5.41, 5.74) is 0. The van der Waals surface area contributed by atoms with E-state index < -0.39 is 12.0 Å². The number of hydrogen-bond acceptors (Lipinski definition) is 3. The van der Waals surface area contributed by atoms with Gasteiger partial charge in [-0.2, -0.15) is 0 Å². The van der Waals surface area contributed by atoms with Crippen molar-refractivity contribution in [3.63, 3.8) is 0 Å². The molecule has 98 valence electrons. The zero-order chi connectivity index (χ0) is 13.1. The average molecular weight is 267 g/mol. The highest BCUT2D eigenvalue weighted by atomic mass is 32.1. The summed E-state index contributed by atoms with van der Waals surface area (Å²) < 4.78 is 0. The molecular formula is C13H17NO3S. The highest BCUT2D eigenvalue weighted by Crippen LogP contribution is 2.24. The summed E-state index contributed by atoms with van der Waals surface area (Å²) in [6.45, 7) is 2.47. The lowest BCUT2D eigenvalue weighted by atomic mass is 9.90. The Morgan fingerprint density at radius 3 is 2.94 bits per heavy atom. The van der Waals surface area contributed by atoms with Gasteiger partial charge in [-0.05, 0) is 30.2 Å². The fourth-order valence-electron chi connectivity index (χ4n) is 2.51. The minimum absolute atomic E-state index is 0.0311. The number of thiophene rings is 1. The van der Waals surface area contributed by atoms with Gasteiger partial charge in [0.2, 0.25) is 5.91 Å². The summed E-state index contributed by atoms with van der Waals surface area (Å²) >= 11 is 1.53. The number of rotatable bonds is 3. The van der Waals surface area contributed by atoms with Crippen molar-refractivity contribution in [1.29, 1.82) is 0 Å². The van der Waals surface area contributed by atoms with Crippen LogP contribution in [0.4, 0.5) is 0 Å². The van der Waals surface area contributed by atoms with Crippen LogP contribution in [0.2, 0.25) is 0 Å². The second-order valence-corrected chi connectivity index (χ2v) is 5.78. The van der Waals surface area contributed by atoms with Crippen LogP contribution in [0.3, 0.4) is 0 Å². The molecule has 18 heavy (non-hydrogen) atoms. The second kappa shape index (κ2) is 5.52. The standard InChI is InChI=1S/C13H17NO3S/c1-9-4-2-6-14(12(9)13(16)17)11(15)8-10-5-3-7-18-10/h3,5,7,9,12H,2,4,6,8H2,1H3,(H,16,17). The minimum Gasteiger partial charge on any atom is -0.480 e. The summed E-state index contributed by atoms with van der Waals surface area (Å²) in [6, 6.07) is 3.15. The third-order valence-corrected chi connectivity index (χ3v) is 4.29. The predicted octanol–water partition coefficient (Wildman–Crippen LogP) is 2.00. The van der Waals surface area contributed by atoms with Gasteiger partial charge in [0.05, 0.1) is 6.42 Å². The van der Waals surface area contributed by atoms with E-state index in [1.807, 2.05) is 24.4 Å². The van der Waals surface area contributed by atoms with E-state index in [0.717, 1.165) is 17.7 Å². The molecule has 0 aromatic carbocycles. The van der Waals surface area contributed by atoms with Gasteiger partial charge >= 0.3 is 5.97 Å². The van der Waals surface area contributed by atoms with Crippen LogP contribution < -0.4 is 0 Å². The number of aliphatic carboxylic acids is 1. The Hall–Kier alpha value is -1.36. The van der Waals surface area contributed by atoms with E-state index in [1.165, 1.54) is 16.2 Å². The third-order valence-electron chi connectivity index (χ3n) is 3.41. The predicted molar refractivity (Wildman–Crippen MR) is 69.6 cm³/mol. The molecule has 0 bridgehead atoms. The van der Waals surface area contributed by atoms with E-state index in [2.05, 4.69) is 0 Å². The van der Waals surface area contributed by atoms with Gasteiger partial charge in [-0.1, -0.05) is 13.0 Å². The lowest BCUT2D eigenvalue weighted by molar-refractivity contribution is -0.154. The van der Waals surface area contributed by atoms with Crippen molar-refractivity contribution in [2.75, 3.05) is 6.54 Å². The first-order chi connectivity index (χ1) is 8.59. The van der Waals surface area contributed by atoms with Crippen LogP contribution in [0.1, 0.15) is 24.6 Å². The molecule has 1 N–H and O–H groups in total. The Labute approximate surface area is 110 Å². The van der Waals surface area contributed by atoms with Crippen LogP contribution in [-0.4, -0.2) is 34.5 Å². The smallest absolute Gasteiger partial charge is 0.326 e. The quantitative estimate of drug-likeness (QED) is 0.911. The number of likely N-dealkylation sites (tertiary alicyclic amines) is 1. The average Bonchev–Trinajstić information content (AvgIpc) is 2.80. The molecule has 1 aliphatic heterocycles. The first kappa shape index (κ1) is 13.1. The van der Waals surface area contributed by atoms with E-state index in [-0.39, 0.29) is 11.8 Å². The van der Waals surface area contributed by atoms with Gasteiger partial charge in [-0.3, -0.25) is 4.79 Å². The SMILES string of the molecule is CC1CCCN(C(=O)Cc2cccs2)C1C(=O)O. The molecule has 1 aromatic heterocycles. The Morgan fingerprint density at radius 2 is 2.33 bits per heavy atom. The molecule has 1 aromatic rings. The molecule has 1 amide bonds. The minimum atomic E-state index is -0.887. The lowest BCUT2D eigenvalue weighted by Crippen LogP contribution is -2.52. The maximum absolute atomic E-state index is 12.2. The van der Waals surface area contributed by atoms with Gasteiger partial charge in [0.15, 0.2) is 0 Å². The monoisotopic (exact) mass is 267 g/mol. The molecular weight excluding hydrogens is 250 g/mol. The van der Waals surface area contributed by atoms with E-state index >= 15 is 0 Å². The molecule has 4 nitrogen and oxygen atoms in total.